The third-order valence-electron chi connectivity index (χ3n) is 5.17. The van der Waals surface area contributed by atoms with Gasteiger partial charge < -0.3 is 15.3 Å². The van der Waals surface area contributed by atoms with Crippen LogP contribution in [0.2, 0.25) is 0 Å². The molecule has 1 heterocycles. The Balaban J connectivity index is 1.47. The highest BCUT2D eigenvalue weighted by atomic mass is 32.2. The molecule has 0 saturated heterocycles. The number of hydrogen-bond acceptors (Lipinski definition) is 4. The van der Waals surface area contributed by atoms with Crippen molar-refractivity contribution < 1.29 is 5.11 Å². The summed E-state index contributed by atoms with van der Waals surface area (Å²) in [4.78, 5) is 4.79. The average Bonchev–Trinajstić information content (AvgIpc) is 2.67. The Kier molecular flexibility index (Phi) is 5.30. The van der Waals surface area contributed by atoms with E-state index in [1.807, 2.05) is 11.8 Å². The van der Waals surface area contributed by atoms with Crippen LogP contribution in [0.3, 0.4) is 0 Å². The fraction of sp³-hybridized carbons (Fsp3) is 0.429. The largest absolute Gasteiger partial charge is 0.390 e. The molecule has 1 aliphatic heterocycles. The number of nitrogens with one attached hydrogen (secondary N) is 1. The van der Waals surface area contributed by atoms with Crippen molar-refractivity contribution in [3.05, 3.63) is 48.5 Å². The maximum Gasteiger partial charge on any atom is 0.0843 e. The SMILES string of the molecule is OC(CNC1CCCCC1)CN1c2ccccc2Sc2ccccc21. The molecule has 4 heteroatoms. The molecule has 0 bridgehead atoms. The summed E-state index contributed by atoms with van der Waals surface area (Å²) >= 11 is 1.81. The molecule has 2 aliphatic rings. The number of benzene rings is 2. The third kappa shape index (κ3) is 3.86. The van der Waals surface area contributed by atoms with Crippen LogP contribution in [0.1, 0.15) is 32.1 Å². The van der Waals surface area contributed by atoms with Crippen LogP contribution in [0.15, 0.2) is 58.3 Å². The van der Waals surface area contributed by atoms with Crippen LogP contribution in [-0.2, 0) is 0 Å². The number of aliphatic hydroxyl groups is 1. The number of anilines is 2. The quantitative estimate of drug-likeness (QED) is 0.824. The van der Waals surface area contributed by atoms with Gasteiger partial charge in [-0.15, -0.1) is 0 Å². The lowest BCUT2D eigenvalue weighted by Crippen LogP contribution is -2.41. The van der Waals surface area contributed by atoms with Crippen molar-refractivity contribution >= 4 is 23.1 Å². The van der Waals surface area contributed by atoms with E-state index in [2.05, 4.69) is 58.7 Å². The number of fused-ring (bicyclic) bond motifs is 2. The summed E-state index contributed by atoms with van der Waals surface area (Å²) in [6, 6.07) is 17.5. The van der Waals surface area contributed by atoms with Crippen molar-refractivity contribution in [1.82, 2.24) is 5.32 Å². The first-order chi connectivity index (χ1) is 12.3. The van der Waals surface area contributed by atoms with Crippen molar-refractivity contribution in [3.63, 3.8) is 0 Å². The van der Waals surface area contributed by atoms with Gasteiger partial charge >= 0.3 is 0 Å². The molecule has 2 N–H and O–H groups in total. The lowest BCUT2D eigenvalue weighted by Gasteiger charge is -2.34. The van der Waals surface area contributed by atoms with E-state index in [1.54, 1.807) is 0 Å². The van der Waals surface area contributed by atoms with Crippen LogP contribution in [0.5, 0.6) is 0 Å². The standard InChI is InChI=1S/C21H26N2OS/c24-17(14-22-16-8-2-1-3-9-16)15-23-18-10-4-6-12-20(18)25-21-13-7-5-11-19(21)23/h4-7,10-13,16-17,22,24H,1-3,8-9,14-15H2. The molecule has 1 atom stereocenters. The minimum atomic E-state index is -0.383. The first-order valence-corrected chi connectivity index (χ1v) is 10.2. The Morgan fingerprint density at radius 3 is 2.20 bits per heavy atom. The van der Waals surface area contributed by atoms with E-state index < -0.39 is 0 Å². The van der Waals surface area contributed by atoms with Crippen molar-refractivity contribution in [1.29, 1.82) is 0 Å². The van der Waals surface area contributed by atoms with Crippen molar-refractivity contribution in [2.24, 2.45) is 0 Å². The zero-order valence-electron chi connectivity index (χ0n) is 14.5. The van der Waals surface area contributed by atoms with Crippen LogP contribution in [-0.4, -0.2) is 30.3 Å². The normalized spacial score (nSPS) is 18.5. The van der Waals surface area contributed by atoms with E-state index in [0.717, 1.165) is 0 Å². The van der Waals surface area contributed by atoms with Gasteiger partial charge in [0.15, 0.2) is 0 Å². The van der Waals surface area contributed by atoms with Gasteiger partial charge in [0.25, 0.3) is 0 Å². The monoisotopic (exact) mass is 354 g/mol. The zero-order valence-corrected chi connectivity index (χ0v) is 15.3. The molecule has 4 rings (SSSR count). The summed E-state index contributed by atoms with van der Waals surface area (Å²) in [6.07, 6.45) is 6.11. The smallest absolute Gasteiger partial charge is 0.0843 e. The fourth-order valence-corrected chi connectivity index (χ4v) is 4.96. The summed E-state index contributed by atoms with van der Waals surface area (Å²) in [5, 5.41) is 14.2. The van der Waals surface area contributed by atoms with E-state index in [0.29, 0.717) is 19.1 Å². The summed E-state index contributed by atoms with van der Waals surface area (Å²) < 4.78 is 0. The molecule has 25 heavy (non-hydrogen) atoms. The topological polar surface area (TPSA) is 35.5 Å². The van der Waals surface area contributed by atoms with E-state index in [-0.39, 0.29) is 6.10 Å². The number of hydrogen-bond donors (Lipinski definition) is 2. The minimum Gasteiger partial charge on any atom is -0.390 e. The number of nitrogens with zero attached hydrogens (tertiary/aromatic N) is 1. The summed E-state index contributed by atoms with van der Waals surface area (Å²) in [5.74, 6) is 0. The van der Waals surface area contributed by atoms with Crippen molar-refractivity contribution in [3.8, 4) is 0 Å². The second-order valence-corrected chi connectivity index (χ2v) is 8.13. The Labute approximate surface area is 154 Å². The van der Waals surface area contributed by atoms with E-state index in [1.165, 1.54) is 53.3 Å². The van der Waals surface area contributed by atoms with Gasteiger partial charge in [-0.2, -0.15) is 0 Å². The fourth-order valence-electron chi connectivity index (χ4n) is 3.86. The Hall–Kier alpha value is -1.49. The van der Waals surface area contributed by atoms with Gasteiger partial charge in [0.05, 0.1) is 24.0 Å². The minimum absolute atomic E-state index is 0.383. The first-order valence-electron chi connectivity index (χ1n) is 9.36. The van der Waals surface area contributed by atoms with Gasteiger partial charge in [-0.3, -0.25) is 0 Å². The number of aliphatic hydroxyl groups excluding tert-OH is 1. The number of para-hydroxylation sites is 2. The molecule has 0 radical (unpaired) electrons. The van der Waals surface area contributed by atoms with Crippen LogP contribution in [0, 0.1) is 0 Å². The summed E-state index contributed by atoms with van der Waals surface area (Å²) in [7, 11) is 0. The molecule has 3 nitrogen and oxygen atoms in total. The molecule has 1 unspecified atom stereocenters. The molecule has 132 valence electrons. The second-order valence-electron chi connectivity index (χ2n) is 7.05. The van der Waals surface area contributed by atoms with Crippen LogP contribution in [0.25, 0.3) is 0 Å². The van der Waals surface area contributed by atoms with Crippen molar-refractivity contribution in [2.75, 3.05) is 18.0 Å². The van der Waals surface area contributed by atoms with Crippen molar-refractivity contribution in [2.45, 2.75) is 54.0 Å². The highest BCUT2D eigenvalue weighted by molar-refractivity contribution is 7.99. The average molecular weight is 355 g/mol. The number of rotatable bonds is 5. The predicted octanol–water partition coefficient (Wildman–Crippen LogP) is 4.57. The van der Waals surface area contributed by atoms with Gasteiger partial charge in [-0.25, -0.2) is 0 Å². The molecule has 0 aromatic heterocycles. The Morgan fingerprint density at radius 1 is 0.960 bits per heavy atom. The summed E-state index contributed by atoms with van der Waals surface area (Å²) in [6.45, 7) is 1.28. The molecular formula is C21H26N2OS. The van der Waals surface area contributed by atoms with Gasteiger partial charge in [0.1, 0.15) is 0 Å². The Bertz CT molecular complexity index is 669. The molecule has 2 aromatic carbocycles. The molecule has 1 aliphatic carbocycles. The molecule has 1 saturated carbocycles. The maximum atomic E-state index is 10.7. The molecule has 1 fully saturated rings. The van der Waals surface area contributed by atoms with E-state index in [9.17, 15) is 5.11 Å². The van der Waals surface area contributed by atoms with E-state index >= 15 is 0 Å². The predicted molar refractivity (Wildman–Crippen MR) is 105 cm³/mol. The lowest BCUT2D eigenvalue weighted by atomic mass is 9.95. The molecular weight excluding hydrogens is 328 g/mol. The summed E-state index contributed by atoms with van der Waals surface area (Å²) in [5.41, 5.74) is 2.39. The highest BCUT2D eigenvalue weighted by Crippen LogP contribution is 2.47. The zero-order chi connectivity index (χ0) is 17.1. The molecule has 2 aromatic rings. The van der Waals surface area contributed by atoms with Gasteiger partial charge in [0.2, 0.25) is 0 Å². The highest BCUT2D eigenvalue weighted by Gasteiger charge is 2.25. The van der Waals surface area contributed by atoms with Crippen LogP contribution >= 0.6 is 11.8 Å². The molecule has 0 amide bonds. The third-order valence-corrected chi connectivity index (χ3v) is 6.30. The van der Waals surface area contributed by atoms with Gasteiger partial charge in [-0.05, 0) is 37.1 Å². The van der Waals surface area contributed by atoms with Crippen LogP contribution in [0.4, 0.5) is 11.4 Å². The molecule has 0 spiro atoms. The Morgan fingerprint density at radius 2 is 1.56 bits per heavy atom. The second kappa shape index (κ2) is 7.81. The van der Waals surface area contributed by atoms with Gasteiger partial charge in [-0.1, -0.05) is 55.3 Å². The van der Waals surface area contributed by atoms with Crippen LogP contribution < -0.4 is 10.2 Å². The first kappa shape index (κ1) is 17.0. The maximum absolute atomic E-state index is 10.7. The van der Waals surface area contributed by atoms with E-state index in [4.69, 9.17) is 0 Å². The van der Waals surface area contributed by atoms with Gasteiger partial charge in [0, 0.05) is 22.4 Å². The lowest BCUT2D eigenvalue weighted by molar-refractivity contribution is 0.170. The number of β-amino-alcohol motifs (C(OH)–C–C–N with tert-alkyl or cyclic N) is 1.